The largest absolute Gasteiger partial charge is 0.299 e. The monoisotopic (exact) mass is 475 g/mol. The summed E-state index contributed by atoms with van der Waals surface area (Å²) >= 11 is 1.56. The summed E-state index contributed by atoms with van der Waals surface area (Å²) in [6, 6.07) is 21.9. The molecule has 168 valence electrons. The second-order valence-corrected chi connectivity index (χ2v) is 10.6. The number of carbonyl (C=O) groups is 1. The third kappa shape index (κ3) is 5.59. The van der Waals surface area contributed by atoms with Crippen molar-refractivity contribution in [2.75, 3.05) is 4.72 Å². The van der Waals surface area contributed by atoms with Gasteiger partial charge in [0.1, 0.15) is 5.78 Å². The molecule has 0 aliphatic rings. The van der Waals surface area contributed by atoms with Crippen LogP contribution in [0.25, 0.3) is 11.1 Å². The van der Waals surface area contributed by atoms with Crippen LogP contribution in [-0.4, -0.2) is 14.2 Å². The highest BCUT2D eigenvalue weighted by Crippen LogP contribution is 2.30. The molecule has 0 amide bonds. The zero-order chi connectivity index (χ0) is 23.4. The van der Waals surface area contributed by atoms with Crippen LogP contribution < -0.4 is 4.72 Å². The normalized spacial score (nSPS) is 11.3. The molecule has 0 radical (unpaired) electrons. The van der Waals surface area contributed by atoms with Crippen LogP contribution in [0.5, 0.6) is 0 Å². The van der Waals surface area contributed by atoms with Gasteiger partial charge < -0.3 is 0 Å². The lowest BCUT2D eigenvalue weighted by atomic mass is 9.94. The number of benzene rings is 3. The van der Waals surface area contributed by atoms with E-state index in [2.05, 4.69) is 4.72 Å². The lowest BCUT2D eigenvalue weighted by molar-refractivity contribution is -0.117. The molecule has 0 saturated heterocycles. The topological polar surface area (TPSA) is 63.2 Å². The third-order valence-electron chi connectivity index (χ3n) is 5.53. The molecular weight excluding hydrogens is 450 g/mol. The van der Waals surface area contributed by atoms with Crippen LogP contribution in [-0.2, 0) is 27.7 Å². The molecule has 0 bridgehead atoms. The molecule has 1 heterocycles. The quantitative estimate of drug-likeness (QED) is 0.331. The van der Waals surface area contributed by atoms with Crippen molar-refractivity contribution in [1.29, 1.82) is 0 Å². The Kier molecular flexibility index (Phi) is 6.77. The van der Waals surface area contributed by atoms with Crippen LogP contribution in [0.15, 0.2) is 88.5 Å². The predicted octanol–water partition coefficient (Wildman–Crippen LogP) is 6.19. The molecule has 4 aromatic rings. The van der Waals surface area contributed by atoms with Gasteiger partial charge in [-0.2, -0.15) is 11.3 Å². The molecular formula is C27H25NO3S2. The number of anilines is 1. The number of rotatable bonds is 8. The Morgan fingerprint density at radius 1 is 0.879 bits per heavy atom. The zero-order valence-electron chi connectivity index (χ0n) is 18.5. The predicted molar refractivity (Wildman–Crippen MR) is 135 cm³/mol. The molecule has 0 aliphatic heterocycles. The second-order valence-electron chi connectivity index (χ2n) is 8.12. The lowest BCUT2D eigenvalue weighted by Crippen LogP contribution is -2.14. The van der Waals surface area contributed by atoms with Crippen molar-refractivity contribution in [3.8, 4) is 11.1 Å². The minimum Gasteiger partial charge on any atom is -0.299 e. The molecule has 0 fully saturated rings. The smallest absolute Gasteiger partial charge is 0.261 e. The third-order valence-corrected chi connectivity index (χ3v) is 7.59. The maximum atomic E-state index is 13.1. The number of para-hydroxylation sites is 1. The van der Waals surface area contributed by atoms with E-state index in [-0.39, 0.29) is 17.1 Å². The van der Waals surface area contributed by atoms with E-state index in [0.29, 0.717) is 17.7 Å². The van der Waals surface area contributed by atoms with Gasteiger partial charge in [0.15, 0.2) is 0 Å². The van der Waals surface area contributed by atoms with Crippen LogP contribution in [0.4, 0.5) is 5.69 Å². The van der Waals surface area contributed by atoms with E-state index >= 15 is 0 Å². The number of carbonyl (C=O) groups excluding carboxylic acids is 1. The van der Waals surface area contributed by atoms with E-state index in [0.717, 1.165) is 27.8 Å². The van der Waals surface area contributed by atoms with Gasteiger partial charge in [-0.1, -0.05) is 48.0 Å². The minimum absolute atomic E-state index is 0.0470. The number of Topliss-reactive ketones (excluding diaryl/α,β-unsaturated/α-hetero) is 1. The summed E-state index contributed by atoms with van der Waals surface area (Å²) in [4.78, 5) is 13.2. The fourth-order valence-electron chi connectivity index (χ4n) is 3.78. The number of hydrogen-bond acceptors (Lipinski definition) is 4. The van der Waals surface area contributed by atoms with Crippen molar-refractivity contribution in [3.05, 3.63) is 106 Å². The molecule has 0 unspecified atom stereocenters. The molecule has 0 spiro atoms. The first-order chi connectivity index (χ1) is 15.8. The molecule has 0 atom stereocenters. The Morgan fingerprint density at radius 2 is 1.64 bits per heavy atom. The number of hydrogen-bond donors (Lipinski definition) is 1. The summed E-state index contributed by atoms with van der Waals surface area (Å²) in [7, 11) is -3.79. The summed E-state index contributed by atoms with van der Waals surface area (Å²) in [5.74, 6) is 0.0470. The van der Waals surface area contributed by atoms with Crippen LogP contribution in [0, 0.1) is 13.8 Å². The molecule has 4 nitrogen and oxygen atoms in total. The summed E-state index contributed by atoms with van der Waals surface area (Å²) in [5.41, 5.74) is 6.26. The summed E-state index contributed by atoms with van der Waals surface area (Å²) in [6.07, 6.45) is 0.475. The van der Waals surface area contributed by atoms with Gasteiger partial charge in [-0.05, 0) is 82.8 Å². The Morgan fingerprint density at radius 3 is 2.36 bits per heavy atom. The Labute approximate surface area is 199 Å². The summed E-state index contributed by atoms with van der Waals surface area (Å²) in [5, 5.41) is 3.98. The van der Waals surface area contributed by atoms with Crippen LogP contribution in [0.3, 0.4) is 0 Å². The Bertz CT molecular complexity index is 1380. The van der Waals surface area contributed by atoms with Crippen molar-refractivity contribution in [2.24, 2.45) is 0 Å². The highest BCUT2D eigenvalue weighted by atomic mass is 32.2. The molecule has 0 saturated carbocycles. The number of aryl methyl sites for hydroxylation is 2. The lowest BCUT2D eigenvalue weighted by Gasteiger charge is -2.13. The number of nitrogens with one attached hydrogen (secondary N) is 1. The van der Waals surface area contributed by atoms with Gasteiger partial charge in [-0.3, -0.25) is 9.52 Å². The van der Waals surface area contributed by atoms with E-state index in [4.69, 9.17) is 0 Å². The van der Waals surface area contributed by atoms with Gasteiger partial charge in [-0.25, -0.2) is 8.42 Å². The van der Waals surface area contributed by atoms with E-state index in [1.54, 1.807) is 53.8 Å². The van der Waals surface area contributed by atoms with E-state index in [1.165, 1.54) is 0 Å². The van der Waals surface area contributed by atoms with Crippen molar-refractivity contribution in [1.82, 2.24) is 0 Å². The summed E-state index contributed by atoms with van der Waals surface area (Å²) < 4.78 is 28.6. The standard InChI is InChI=1S/C27H25NO3S2/c1-19-8-9-20(2)22(14-19)15-25(29)16-23-17-26(10-11-27(23)21-12-13-32-18-21)33(30,31)28-24-6-4-3-5-7-24/h3-14,17-18,28H,15-16H2,1-2H3. The molecule has 3 aromatic carbocycles. The molecule has 0 aliphatic carbocycles. The average molecular weight is 476 g/mol. The second kappa shape index (κ2) is 9.73. The maximum Gasteiger partial charge on any atom is 0.261 e. The van der Waals surface area contributed by atoms with Crippen molar-refractivity contribution >= 4 is 32.8 Å². The fraction of sp³-hybridized carbons (Fsp3) is 0.148. The van der Waals surface area contributed by atoms with Gasteiger partial charge in [0.05, 0.1) is 4.90 Å². The Balaban J connectivity index is 1.66. The average Bonchev–Trinajstić information content (AvgIpc) is 3.31. The first-order valence-electron chi connectivity index (χ1n) is 10.6. The van der Waals surface area contributed by atoms with Crippen molar-refractivity contribution in [3.63, 3.8) is 0 Å². The molecule has 33 heavy (non-hydrogen) atoms. The molecule has 1 N–H and O–H groups in total. The van der Waals surface area contributed by atoms with Gasteiger partial charge in [-0.15, -0.1) is 0 Å². The SMILES string of the molecule is Cc1ccc(C)c(CC(=O)Cc2cc(S(=O)(=O)Nc3ccccc3)ccc2-c2ccsc2)c1. The van der Waals surface area contributed by atoms with Gasteiger partial charge in [0, 0.05) is 18.5 Å². The van der Waals surface area contributed by atoms with Crippen molar-refractivity contribution < 1.29 is 13.2 Å². The first-order valence-corrected chi connectivity index (χ1v) is 13.1. The van der Waals surface area contributed by atoms with Crippen LogP contribution in [0.1, 0.15) is 22.3 Å². The van der Waals surface area contributed by atoms with Gasteiger partial charge in [0.2, 0.25) is 0 Å². The van der Waals surface area contributed by atoms with E-state index in [1.807, 2.05) is 54.9 Å². The van der Waals surface area contributed by atoms with Gasteiger partial charge >= 0.3 is 0 Å². The first kappa shape index (κ1) is 23.0. The maximum absolute atomic E-state index is 13.1. The van der Waals surface area contributed by atoms with E-state index in [9.17, 15) is 13.2 Å². The molecule has 1 aromatic heterocycles. The molecule has 6 heteroatoms. The number of ketones is 1. The highest BCUT2D eigenvalue weighted by molar-refractivity contribution is 7.92. The van der Waals surface area contributed by atoms with E-state index < -0.39 is 10.0 Å². The summed E-state index contributed by atoms with van der Waals surface area (Å²) in [6.45, 7) is 4.01. The number of sulfonamides is 1. The zero-order valence-corrected chi connectivity index (χ0v) is 20.2. The highest BCUT2D eigenvalue weighted by Gasteiger charge is 2.19. The van der Waals surface area contributed by atoms with Crippen molar-refractivity contribution in [2.45, 2.75) is 31.6 Å². The Hall–Kier alpha value is -3.22. The minimum atomic E-state index is -3.79. The van der Waals surface area contributed by atoms with Gasteiger partial charge in [0.25, 0.3) is 10.0 Å². The fourth-order valence-corrected chi connectivity index (χ4v) is 5.55. The molecule has 4 rings (SSSR count). The van der Waals surface area contributed by atoms with Crippen LogP contribution >= 0.6 is 11.3 Å². The van der Waals surface area contributed by atoms with Crippen LogP contribution in [0.2, 0.25) is 0 Å². The number of thiophene rings is 1.